The van der Waals surface area contributed by atoms with Crippen LogP contribution >= 0.6 is 0 Å². The van der Waals surface area contributed by atoms with Crippen LogP contribution in [0, 0.1) is 23.2 Å². The summed E-state index contributed by atoms with van der Waals surface area (Å²) in [5, 5.41) is 0. The average Bonchev–Trinajstić information content (AvgIpc) is 2.36. The molecule has 0 spiro atoms. The second-order valence-corrected chi connectivity index (χ2v) is 7.87. The summed E-state index contributed by atoms with van der Waals surface area (Å²) in [6.07, 6.45) is 16.2. The Morgan fingerprint density at radius 3 is 2.05 bits per heavy atom. The standard InChI is InChI=1S/C18H30O/c1-2-17(19)6-4-3-5-7-18-11-14-8-15(12-18)10-16(9-14)13-18/h14-16H,2-13H2,1H3. The van der Waals surface area contributed by atoms with Crippen LogP contribution in [0.1, 0.15) is 84.0 Å². The molecule has 1 nitrogen and oxygen atoms in total. The fourth-order valence-corrected chi connectivity index (χ4v) is 5.77. The summed E-state index contributed by atoms with van der Waals surface area (Å²) < 4.78 is 0. The number of rotatable bonds is 7. The van der Waals surface area contributed by atoms with Gasteiger partial charge >= 0.3 is 0 Å². The van der Waals surface area contributed by atoms with Gasteiger partial charge in [0.15, 0.2) is 0 Å². The summed E-state index contributed by atoms with van der Waals surface area (Å²) in [7, 11) is 0. The first kappa shape index (κ1) is 13.6. The van der Waals surface area contributed by atoms with E-state index in [9.17, 15) is 4.79 Å². The first-order valence-corrected chi connectivity index (χ1v) is 8.71. The van der Waals surface area contributed by atoms with Crippen LogP contribution in [0.3, 0.4) is 0 Å². The van der Waals surface area contributed by atoms with Crippen molar-refractivity contribution in [2.45, 2.75) is 84.0 Å². The fourth-order valence-electron chi connectivity index (χ4n) is 5.77. The van der Waals surface area contributed by atoms with Crippen LogP contribution in [-0.4, -0.2) is 5.78 Å². The number of ketones is 1. The molecule has 1 heteroatoms. The molecular formula is C18H30O. The third kappa shape index (κ3) is 3.06. The van der Waals surface area contributed by atoms with Gasteiger partial charge in [-0.25, -0.2) is 0 Å². The van der Waals surface area contributed by atoms with Crippen molar-refractivity contribution in [2.24, 2.45) is 23.2 Å². The SMILES string of the molecule is CCC(=O)CCCCCC12CC3CC(CC(C3)C1)C2. The highest BCUT2D eigenvalue weighted by atomic mass is 16.1. The number of hydrogen-bond donors (Lipinski definition) is 0. The summed E-state index contributed by atoms with van der Waals surface area (Å²) >= 11 is 0. The van der Waals surface area contributed by atoms with Crippen molar-refractivity contribution in [1.82, 2.24) is 0 Å². The van der Waals surface area contributed by atoms with Gasteiger partial charge in [0.25, 0.3) is 0 Å². The summed E-state index contributed by atoms with van der Waals surface area (Å²) in [5.41, 5.74) is 0.753. The zero-order valence-corrected chi connectivity index (χ0v) is 12.6. The molecule has 4 saturated carbocycles. The third-order valence-corrected chi connectivity index (χ3v) is 6.22. The van der Waals surface area contributed by atoms with Crippen LogP contribution in [0.4, 0.5) is 0 Å². The number of carbonyl (C=O) groups excluding carboxylic acids is 1. The Morgan fingerprint density at radius 1 is 0.947 bits per heavy atom. The van der Waals surface area contributed by atoms with Crippen molar-refractivity contribution in [3.8, 4) is 0 Å². The summed E-state index contributed by atoms with van der Waals surface area (Å²) in [4.78, 5) is 11.3. The van der Waals surface area contributed by atoms with E-state index < -0.39 is 0 Å². The van der Waals surface area contributed by atoms with Crippen molar-refractivity contribution >= 4 is 5.78 Å². The Hall–Kier alpha value is -0.330. The lowest BCUT2D eigenvalue weighted by Gasteiger charge is -2.57. The first-order valence-electron chi connectivity index (χ1n) is 8.71. The van der Waals surface area contributed by atoms with Gasteiger partial charge in [0, 0.05) is 12.8 Å². The van der Waals surface area contributed by atoms with Crippen molar-refractivity contribution in [3.63, 3.8) is 0 Å². The zero-order valence-electron chi connectivity index (χ0n) is 12.6. The Labute approximate surface area is 118 Å². The number of unbranched alkanes of at least 4 members (excludes halogenated alkanes) is 2. The number of Topliss-reactive ketones (excluding diaryl/α,β-unsaturated/α-hetero) is 1. The fraction of sp³-hybridized carbons (Fsp3) is 0.944. The van der Waals surface area contributed by atoms with Gasteiger partial charge in [-0.05, 0) is 74.5 Å². The molecule has 19 heavy (non-hydrogen) atoms. The molecule has 0 radical (unpaired) electrons. The quantitative estimate of drug-likeness (QED) is 0.581. The van der Waals surface area contributed by atoms with Crippen molar-refractivity contribution < 1.29 is 4.79 Å². The molecule has 0 aromatic heterocycles. The van der Waals surface area contributed by atoms with Crippen molar-refractivity contribution in [2.75, 3.05) is 0 Å². The highest BCUT2D eigenvalue weighted by molar-refractivity contribution is 5.77. The maximum Gasteiger partial charge on any atom is 0.132 e. The minimum atomic E-state index is 0.454. The minimum absolute atomic E-state index is 0.454. The number of hydrogen-bond acceptors (Lipinski definition) is 1. The van der Waals surface area contributed by atoms with Crippen LogP contribution in [0.5, 0.6) is 0 Å². The Balaban J connectivity index is 1.41. The molecule has 0 unspecified atom stereocenters. The largest absolute Gasteiger partial charge is 0.300 e. The smallest absolute Gasteiger partial charge is 0.132 e. The van der Waals surface area contributed by atoms with Gasteiger partial charge in [0.05, 0.1) is 0 Å². The van der Waals surface area contributed by atoms with Gasteiger partial charge in [-0.1, -0.05) is 19.8 Å². The summed E-state index contributed by atoms with van der Waals surface area (Å²) in [6, 6.07) is 0. The number of carbonyl (C=O) groups is 1. The molecule has 4 aliphatic rings. The lowest BCUT2D eigenvalue weighted by molar-refractivity contribution is -0.118. The predicted octanol–water partition coefficient (Wildman–Crippen LogP) is 5.13. The third-order valence-electron chi connectivity index (χ3n) is 6.22. The van der Waals surface area contributed by atoms with Crippen molar-refractivity contribution in [1.29, 1.82) is 0 Å². The topological polar surface area (TPSA) is 17.1 Å². The van der Waals surface area contributed by atoms with E-state index in [2.05, 4.69) is 0 Å². The second-order valence-electron chi connectivity index (χ2n) is 7.87. The highest BCUT2D eigenvalue weighted by Gasteiger charge is 2.50. The normalized spacial score (nSPS) is 39.7. The average molecular weight is 262 g/mol. The van der Waals surface area contributed by atoms with Crippen LogP contribution in [-0.2, 0) is 4.79 Å². The Morgan fingerprint density at radius 2 is 1.53 bits per heavy atom. The van der Waals surface area contributed by atoms with Crippen LogP contribution in [0.2, 0.25) is 0 Å². The maximum absolute atomic E-state index is 11.3. The van der Waals surface area contributed by atoms with Crippen molar-refractivity contribution in [3.05, 3.63) is 0 Å². The Kier molecular flexibility index (Phi) is 4.01. The van der Waals surface area contributed by atoms with Gasteiger partial charge < -0.3 is 0 Å². The van der Waals surface area contributed by atoms with E-state index >= 15 is 0 Å². The van der Waals surface area contributed by atoms with E-state index in [1.54, 1.807) is 38.5 Å². The molecule has 0 aromatic rings. The molecule has 4 rings (SSSR count). The summed E-state index contributed by atoms with van der Waals surface area (Å²) in [6.45, 7) is 1.98. The summed E-state index contributed by atoms with van der Waals surface area (Å²) in [5.74, 6) is 3.73. The molecule has 0 saturated heterocycles. The molecular weight excluding hydrogens is 232 g/mol. The van der Waals surface area contributed by atoms with Gasteiger partial charge in [-0.15, -0.1) is 0 Å². The molecule has 0 N–H and O–H groups in total. The van der Waals surface area contributed by atoms with Gasteiger partial charge in [0.1, 0.15) is 5.78 Å². The van der Waals surface area contributed by atoms with Crippen LogP contribution in [0.15, 0.2) is 0 Å². The molecule has 4 aliphatic carbocycles. The second kappa shape index (κ2) is 5.58. The van der Waals surface area contributed by atoms with Gasteiger partial charge in [0.2, 0.25) is 0 Å². The maximum atomic E-state index is 11.3. The molecule has 4 fully saturated rings. The van der Waals surface area contributed by atoms with E-state index in [1.807, 2.05) is 6.92 Å². The van der Waals surface area contributed by atoms with Crippen LogP contribution in [0.25, 0.3) is 0 Å². The van der Waals surface area contributed by atoms with E-state index in [-0.39, 0.29) is 0 Å². The molecule has 0 heterocycles. The zero-order chi connectivity index (χ0) is 13.3. The van der Waals surface area contributed by atoms with E-state index in [0.29, 0.717) is 5.78 Å². The Bertz CT molecular complexity index is 295. The minimum Gasteiger partial charge on any atom is -0.300 e. The van der Waals surface area contributed by atoms with Gasteiger partial charge in [-0.3, -0.25) is 4.79 Å². The molecule has 4 bridgehead atoms. The molecule has 0 aromatic carbocycles. The highest BCUT2D eigenvalue weighted by Crippen LogP contribution is 2.61. The van der Waals surface area contributed by atoms with Gasteiger partial charge in [-0.2, -0.15) is 0 Å². The molecule has 0 atom stereocenters. The molecule has 108 valence electrons. The first-order chi connectivity index (χ1) is 9.19. The monoisotopic (exact) mass is 262 g/mol. The van der Waals surface area contributed by atoms with E-state index in [1.165, 1.54) is 19.3 Å². The lowest BCUT2D eigenvalue weighted by Crippen LogP contribution is -2.45. The van der Waals surface area contributed by atoms with E-state index in [0.717, 1.165) is 42.4 Å². The lowest BCUT2D eigenvalue weighted by atomic mass is 9.48. The van der Waals surface area contributed by atoms with Crippen LogP contribution < -0.4 is 0 Å². The predicted molar refractivity (Wildman–Crippen MR) is 79.0 cm³/mol. The molecule has 0 amide bonds. The van der Waals surface area contributed by atoms with E-state index in [4.69, 9.17) is 0 Å². The molecule has 0 aliphatic heterocycles.